The highest BCUT2D eigenvalue weighted by Crippen LogP contribution is 2.33. The molecule has 1 atom stereocenters. The first-order chi connectivity index (χ1) is 13.1. The summed E-state index contributed by atoms with van der Waals surface area (Å²) in [7, 11) is 0. The first kappa shape index (κ1) is 17.9. The van der Waals surface area contributed by atoms with E-state index in [1.54, 1.807) is 28.4 Å². The highest BCUT2D eigenvalue weighted by Gasteiger charge is 2.27. The summed E-state index contributed by atoms with van der Waals surface area (Å²) in [5, 5.41) is 1.04. The highest BCUT2D eigenvalue weighted by molar-refractivity contribution is 7.18. The van der Waals surface area contributed by atoms with Gasteiger partial charge in [-0.05, 0) is 43.2 Å². The summed E-state index contributed by atoms with van der Waals surface area (Å²) >= 11 is 1.67. The number of hydrogen-bond acceptors (Lipinski definition) is 4. The van der Waals surface area contributed by atoms with Crippen LogP contribution in [0.5, 0.6) is 5.75 Å². The minimum Gasteiger partial charge on any atom is -0.435 e. The number of likely N-dealkylation sites (tertiary alicyclic amines) is 1. The molecule has 0 spiro atoms. The van der Waals surface area contributed by atoms with Crippen molar-refractivity contribution in [1.82, 2.24) is 9.88 Å². The zero-order chi connectivity index (χ0) is 18.8. The summed E-state index contributed by atoms with van der Waals surface area (Å²) in [4.78, 5) is 19.4. The lowest BCUT2D eigenvalue weighted by Gasteiger charge is -2.32. The number of nitrogens with zero attached hydrogens (tertiary/aromatic N) is 2. The molecule has 27 heavy (non-hydrogen) atoms. The molecule has 1 saturated heterocycles. The lowest BCUT2D eigenvalue weighted by molar-refractivity contribution is -0.0499. The summed E-state index contributed by atoms with van der Waals surface area (Å²) in [5.41, 5.74) is 1.34. The third-order valence-electron chi connectivity index (χ3n) is 4.67. The Bertz CT molecular complexity index is 927. The molecule has 1 aliphatic rings. The summed E-state index contributed by atoms with van der Waals surface area (Å²) in [6.45, 7) is -1.67. The number of fused-ring (bicyclic) bond motifs is 1. The van der Waals surface area contributed by atoms with Gasteiger partial charge in [-0.2, -0.15) is 8.78 Å². The molecule has 1 amide bonds. The molecule has 2 heterocycles. The number of ether oxygens (including phenoxy) is 1. The van der Waals surface area contributed by atoms with Gasteiger partial charge < -0.3 is 9.64 Å². The Labute approximate surface area is 159 Å². The topological polar surface area (TPSA) is 42.4 Å². The Morgan fingerprint density at radius 1 is 1.22 bits per heavy atom. The van der Waals surface area contributed by atoms with Gasteiger partial charge in [0.15, 0.2) is 0 Å². The molecule has 1 unspecified atom stereocenters. The number of aromatic nitrogens is 1. The van der Waals surface area contributed by atoms with Gasteiger partial charge in [-0.25, -0.2) is 4.98 Å². The van der Waals surface area contributed by atoms with Crippen molar-refractivity contribution < 1.29 is 18.3 Å². The molecule has 4 nitrogen and oxygen atoms in total. The number of benzene rings is 2. The molecule has 0 saturated carbocycles. The van der Waals surface area contributed by atoms with Crippen LogP contribution in [0.15, 0.2) is 48.5 Å². The second-order valence-electron chi connectivity index (χ2n) is 6.52. The van der Waals surface area contributed by atoms with Gasteiger partial charge in [0.1, 0.15) is 5.75 Å². The predicted octanol–water partition coefficient (Wildman–Crippen LogP) is 4.92. The van der Waals surface area contributed by atoms with Crippen molar-refractivity contribution in [2.45, 2.75) is 25.4 Å². The molecule has 140 valence electrons. The fraction of sp³-hybridized carbons (Fsp3) is 0.300. The molecule has 0 aliphatic carbocycles. The fourth-order valence-electron chi connectivity index (χ4n) is 3.42. The van der Waals surface area contributed by atoms with Gasteiger partial charge >= 0.3 is 6.61 Å². The Balaban J connectivity index is 1.51. The first-order valence-electron chi connectivity index (χ1n) is 8.80. The Morgan fingerprint density at radius 3 is 2.89 bits per heavy atom. The third kappa shape index (κ3) is 3.93. The van der Waals surface area contributed by atoms with E-state index >= 15 is 0 Å². The van der Waals surface area contributed by atoms with E-state index in [0.717, 1.165) is 28.1 Å². The smallest absolute Gasteiger partial charge is 0.387 e. The van der Waals surface area contributed by atoms with Gasteiger partial charge in [0.05, 0.1) is 15.2 Å². The van der Waals surface area contributed by atoms with Crippen LogP contribution < -0.4 is 4.74 Å². The van der Waals surface area contributed by atoms with Crippen molar-refractivity contribution in [2.75, 3.05) is 13.1 Å². The van der Waals surface area contributed by atoms with E-state index < -0.39 is 6.61 Å². The van der Waals surface area contributed by atoms with E-state index in [9.17, 15) is 13.6 Å². The fourth-order valence-corrected chi connectivity index (χ4v) is 4.51. The van der Waals surface area contributed by atoms with Crippen LogP contribution in [0.3, 0.4) is 0 Å². The molecule has 4 rings (SSSR count). The lowest BCUT2D eigenvalue weighted by Crippen LogP contribution is -2.39. The first-order valence-corrected chi connectivity index (χ1v) is 9.61. The molecule has 3 aromatic rings. The molecule has 0 N–H and O–H groups in total. The summed E-state index contributed by atoms with van der Waals surface area (Å²) in [6.07, 6.45) is 1.87. The molecule has 7 heteroatoms. The van der Waals surface area contributed by atoms with Crippen LogP contribution in [0, 0.1) is 0 Å². The molecular weight excluding hydrogens is 370 g/mol. The molecule has 0 bridgehead atoms. The number of amides is 1. The normalized spacial score (nSPS) is 17.4. The number of halogens is 2. The number of hydrogen-bond donors (Lipinski definition) is 0. The highest BCUT2D eigenvalue weighted by atomic mass is 32.1. The van der Waals surface area contributed by atoms with Gasteiger partial charge in [-0.15, -0.1) is 11.3 Å². The zero-order valence-electron chi connectivity index (χ0n) is 14.5. The lowest BCUT2D eigenvalue weighted by atomic mass is 9.98. The summed E-state index contributed by atoms with van der Waals surface area (Å²) < 4.78 is 30.4. The van der Waals surface area contributed by atoms with Gasteiger partial charge in [0.25, 0.3) is 5.91 Å². The van der Waals surface area contributed by atoms with Crippen molar-refractivity contribution in [3.05, 3.63) is 59.1 Å². The number of thiazole rings is 1. The van der Waals surface area contributed by atoms with Crippen LogP contribution in [0.1, 0.15) is 34.1 Å². The maximum atomic E-state index is 12.9. The van der Waals surface area contributed by atoms with Gasteiger partial charge in [0, 0.05) is 24.6 Å². The van der Waals surface area contributed by atoms with Gasteiger partial charge in [0.2, 0.25) is 0 Å². The van der Waals surface area contributed by atoms with E-state index in [1.807, 2.05) is 18.2 Å². The Kier molecular flexibility index (Phi) is 5.03. The van der Waals surface area contributed by atoms with Crippen LogP contribution in [0.25, 0.3) is 10.2 Å². The number of alkyl halides is 2. The van der Waals surface area contributed by atoms with E-state index in [2.05, 4.69) is 10.8 Å². The van der Waals surface area contributed by atoms with Crippen LogP contribution in [-0.2, 0) is 0 Å². The van der Waals surface area contributed by atoms with Crippen molar-refractivity contribution in [2.24, 2.45) is 0 Å². The van der Waals surface area contributed by atoms with E-state index in [4.69, 9.17) is 4.98 Å². The van der Waals surface area contributed by atoms with E-state index in [0.29, 0.717) is 18.7 Å². The van der Waals surface area contributed by atoms with Gasteiger partial charge in [-0.1, -0.05) is 18.2 Å². The Morgan fingerprint density at radius 2 is 2.07 bits per heavy atom. The number of rotatable bonds is 4. The molecule has 0 radical (unpaired) electrons. The zero-order valence-corrected chi connectivity index (χ0v) is 15.3. The van der Waals surface area contributed by atoms with Crippen molar-refractivity contribution >= 4 is 27.5 Å². The molecule has 2 aromatic carbocycles. The summed E-state index contributed by atoms with van der Waals surface area (Å²) in [6, 6.07) is 14.0. The van der Waals surface area contributed by atoms with Crippen molar-refractivity contribution in [3.8, 4) is 5.75 Å². The SMILES string of the molecule is O=C(c1cccc(OC(F)F)c1)N1CCCC(c2nc3ccccc3s2)C1. The maximum Gasteiger partial charge on any atom is 0.387 e. The van der Waals surface area contributed by atoms with E-state index in [-0.39, 0.29) is 17.6 Å². The Hall–Kier alpha value is -2.54. The second-order valence-corrected chi connectivity index (χ2v) is 7.58. The van der Waals surface area contributed by atoms with Crippen molar-refractivity contribution in [3.63, 3.8) is 0 Å². The van der Waals surface area contributed by atoms with Crippen LogP contribution in [-0.4, -0.2) is 35.5 Å². The standard InChI is InChI=1S/C20H18F2N2O2S/c21-20(22)26-15-7-3-5-13(11-15)19(25)24-10-4-6-14(12-24)18-23-16-8-1-2-9-17(16)27-18/h1-3,5,7-9,11,14,20H,4,6,10,12H2. The van der Waals surface area contributed by atoms with Gasteiger partial charge in [-0.3, -0.25) is 4.79 Å². The minimum atomic E-state index is -2.91. The number of carbonyl (C=O) groups excluding carboxylic acids is 1. The van der Waals surface area contributed by atoms with Crippen molar-refractivity contribution in [1.29, 1.82) is 0 Å². The monoisotopic (exact) mass is 388 g/mol. The third-order valence-corrected chi connectivity index (χ3v) is 5.87. The molecule has 1 aliphatic heterocycles. The quantitative estimate of drug-likeness (QED) is 0.637. The number of piperidine rings is 1. The summed E-state index contributed by atoms with van der Waals surface area (Å²) in [5.74, 6) is 0.0247. The second kappa shape index (κ2) is 7.60. The van der Waals surface area contributed by atoms with E-state index in [1.165, 1.54) is 12.1 Å². The number of para-hydroxylation sites is 1. The maximum absolute atomic E-state index is 12.9. The predicted molar refractivity (Wildman–Crippen MR) is 101 cm³/mol. The van der Waals surface area contributed by atoms with Crippen LogP contribution in [0.4, 0.5) is 8.78 Å². The molecule has 1 fully saturated rings. The molecular formula is C20H18F2N2O2S. The molecule has 1 aromatic heterocycles. The largest absolute Gasteiger partial charge is 0.435 e. The van der Waals surface area contributed by atoms with Crippen LogP contribution in [0.2, 0.25) is 0 Å². The minimum absolute atomic E-state index is 0.00409. The van der Waals surface area contributed by atoms with Crippen LogP contribution >= 0.6 is 11.3 Å². The number of carbonyl (C=O) groups is 1. The average Bonchev–Trinajstić information content (AvgIpc) is 3.11. The average molecular weight is 388 g/mol.